The molecule has 1 aliphatic rings. The van der Waals surface area contributed by atoms with Gasteiger partial charge in [0.2, 0.25) is 0 Å². The van der Waals surface area contributed by atoms with E-state index in [1.165, 1.54) is 0 Å². The summed E-state index contributed by atoms with van der Waals surface area (Å²) in [6.45, 7) is 3.20. The van der Waals surface area contributed by atoms with Crippen LogP contribution in [0.4, 0.5) is 0 Å². The van der Waals surface area contributed by atoms with Crippen LogP contribution in [0.25, 0.3) is 5.69 Å². The highest BCUT2D eigenvalue weighted by atomic mass is 35.5. The van der Waals surface area contributed by atoms with E-state index >= 15 is 0 Å². The smallest absolute Gasteiger partial charge is 0.273 e. The molecule has 0 bridgehead atoms. The van der Waals surface area contributed by atoms with Crippen LogP contribution < -0.4 is 5.32 Å². The topological polar surface area (TPSA) is 69.0 Å². The molecule has 23 heavy (non-hydrogen) atoms. The highest BCUT2D eigenvalue weighted by Gasteiger charge is 2.19. The van der Waals surface area contributed by atoms with Gasteiger partial charge in [0, 0.05) is 13.2 Å². The summed E-state index contributed by atoms with van der Waals surface area (Å²) < 4.78 is 7.12. The zero-order valence-corrected chi connectivity index (χ0v) is 13.7. The van der Waals surface area contributed by atoms with Crippen LogP contribution in [-0.2, 0) is 4.74 Å². The maximum absolute atomic E-state index is 12.3. The van der Waals surface area contributed by atoms with Crippen LogP contribution in [0.1, 0.15) is 35.4 Å². The summed E-state index contributed by atoms with van der Waals surface area (Å²) in [5, 5.41) is 11.5. The van der Waals surface area contributed by atoms with Crippen LogP contribution in [0.3, 0.4) is 0 Å². The summed E-state index contributed by atoms with van der Waals surface area (Å²) in [4.78, 5) is 12.3. The predicted molar refractivity (Wildman–Crippen MR) is 87.0 cm³/mol. The third kappa shape index (κ3) is 3.54. The van der Waals surface area contributed by atoms with Gasteiger partial charge < -0.3 is 10.1 Å². The van der Waals surface area contributed by atoms with Gasteiger partial charge in [0.25, 0.3) is 5.91 Å². The second kappa shape index (κ2) is 7.10. The molecule has 1 aromatic carbocycles. The van der Waals surface area contributed by atoms with Gasteiger partial charge in [0.05, 0.1) is 22.5 Å². The van der Waals surface area contributed by atoms with Crippen LogP contribution in [0, 0.1) is 6.92 Å². The molecule has 2 heterocycles. The Hall–Kier alpha value is -1.92. The minimum atomic E-state index is -0.223. The summed E-state index contributed by atoms with van der Waals surface area (Å²) in [7, 11) is 0. The quantitative estimate of drug-likeness (QED) is 0.912. The van der Waals surface area contributed by atoms with E-state index in [1.807, 2.05) is 18.2 Å². The van der Waals surface area contributed by atoms with Gasteiger partial charge in [-0.15, -0.1) is 5.10 Å². The molecule has 1 aliphatic heterocycles. The second-order valence-electron chi connectivity index (χ2n) is 5.57. The molecular weight excluding hydrogens is 316 g/mol. The van der Waals surface area contributed by atoms with Crippen molar-refractivity contribution in [1.82, 2.24) is 20.3 Å². The molecule has 122 valence electrons. The van der Waals surface area contributed by atoms with Gasteiger partial charge in [-0.3, -0.25) is 4.79 Å². The zero-order chi connectivity index (χ0) is 16.2. The highest BCUT2D eigenvalue weighted by Crippen LogP contribution is 2.21. The number of nitrogens with zero attached hydrogens (tertiary/aromatic N) is 3. The fraction of sp³-hybridized carbons (Fsp3) is 0.438. The minimum absolute atomic E-state index is 0.223. The van der Waals surface area contributed by atoms with Crippen molar-refractivity contribution in [3.8, 4) is 5.69 Å². The van der Waals surface area contributed by atoms with Gasteiger partial charge in [-0.1, -0.05) is 28.9 Å². The van der Waals surface area contributed by atoms with Gasteiger partial charge >= 0.3 is 0 Å². The summed E-state index contributed by atoms with van der Waals surface area (Å²) in [5.41, 5.74) is 1.68. The third-order valence-corrected chi connectivity index (χ3v) is 4.29. The molecular formula is C16H19ClN4O2. The van der Waals surface area contributed by atoms with E-state index in [0.717, 1.165) is 25.9 Å². The van der Waals surface area contributed by atoms with Crippen LogP contribution in [0.5, 0.6) is 0 Å². The Labute approximate surface area is 139 Å². The number of hydrogen-bond acceptors (Lipinski definition) is 4. The van der Waals surface area contributed by atoms with Crippen LogP contribution in [0.15, 0.2) is 24.3 Å². The number of benzene rings is 1. The van der Waals surface area contributed by atoms with E-state index in [-0.39, 0.29) is 12.0 Å². The van der Waals surface area contributed by atoms with E-state index in [2.05, 4.69) is 15.6 Å². The number of para-hydroxylation sites is 1. The Balaban J connectivity index is 1.66. The molecule has 0 unspecified atom stereocenters. The maximum atomic E-state index is 12.3. The molecule has 0 spiro atoms. The van der Waals surface area contributed by atoms with Gasteiger partial charge in [-0.25, -0.2) is 4.68 Å². The van der Waals surface area contributed by atoms with Gasteiger partial charge in [-0.2, -0.15) is 0 Å². The number of halogens is 1. The zero-order valence-electron chi connectivity index (χ0n) is 13.0. The number of aromatic nitrogens is 3. The summed E-state index contributed by atoms with van der Waals surface area (Å²) in [5.74, 6) is -0.223. The van der Waals surface area contributed by atoms with E-state index in [1.54, 1.807) is 17.7 Å². The predicted octanol–water partition coefficient (Wildman–Crippen LogP) is 2.53. The van der Waals surface area contributed by atoms with E-state index in [4.69, 9.17) is 16.3 Å². The SMILES string of the molecule is Cc1c(C(=O)NCC[C@@H]2CCCO2)nnn1-c1ccccc1Cl. The molecule has 1 fully saturated rings. The number of amides is 1. The van der Waals surface area contributed by atoms with Crippen molar-refractivity contribution in [3.05, 3.63) is 40.7 Å². The number of carbonyl (C=O) groups is 1. The monoisotopic (exact) mass is 334 g/mol. The molecule has 7 heteroatoms. The van der Waals surface area contributed by atoms with E-state index in [9.17, 15) is 4.79 Å². The van der Waals surface area contributed by atoms with Crippen molar-refractivity contribution in [3.63, 3.8) is 0 Å². The highest BCUT2D eigenvalue weighted by molar-refractivity contribution is 6.32. The van der Waals surface area contributed by atoms with Crippen LogP contribution in [0.2, 0.25) is 5.02 Å². The third-order valence-electron chi connectivity index (χ3n) is 3.97. The summed E-state index contributed by atoms with van der Waals surface area (Å²) in [6.07, 6.45) is 3.25. The molecule has 6 nitrogen and oxygen atoms in total. The van der Waals surface area contributed by atoms with Crippen LogP contribution >= 0.6 is 11.6 Å². The molecule has 1 amide bonds. The number of hydrogen-bond donors (Lipinski definition) is 1. The number of nitrogens with one attached hydrogen (secondary N) is 1. The first-order valence-electron chi connectivity index (χ1n) is 7.74. The molecule has 3 rings (SSSR count). The molecule has 0 aliphatic carbocycles. The lowest BCUT2D eigenvalue weighted by Crippen LogP contribution is -2.28. The van der Waals surface area contributed by atoms with Crippen molar-refractivity contribution < 1.29 is 9.53 Å². The number of carbonyl (C=O) groups excluding carboxylic acids is 1. The molecule has 1 N–H and O–H groups in total. The lowest BCUT2D eigenvalue weighted by atomic mass is 10.2. The Morgan fingerprint density at radius 2 is 2.30 bits per heavy atom. The lowest BCUT2D eigenvalue weighted by Gasteiger charge is -2.09. The first-order valence-corrected chi connectivity index (χ1v) is 8.11. The van der Waals surface area contributed by atoms with Gasteiger partial charge in [-0.05, 0) is 38.3 Å². The second-order valence-corrected chi connectivity index (χ2v) is 5.97. The van der Waals surface area contributed by atoms with Gasteiger partial charge in [0.1, 0.15) is 0 Å². The Bertz CT molecular complexity index is 695. The lowest BCUT2D eigenvalue weighted by molar-refractivity contribution is 0.0902. The molecule has 2 aromatic rings. The molecule has 0 saturated carbocycles. The molecule has 1 aromatic heterocycles. The van der Waals surface area contributed by atoms with Crippen molar-refractivity contribution in [1.29, 1.82) is 0 Å². The van der Waals surface area contributed by atoms with E-state index in [0.29, 0.717) is 28.6 Å². The first kappa shape index (κ1) is 16.0. The maximum Gasteiger partial charge on any atom is 0.273 e. The van der Waals surface area contributed by atoms with Crippen molar-refractivity contribution in [2.24, 2.45) is 0 Å². The van der Waals surface area contributed by atoms with Crippen LogP contribution in [-0.4, -0.2) is 40.2 Å². The average Bonchev–Trinajstić information content (AvgIpc) is 3.18. The molecule has 1 saturated heterocycles. The normalized spacial score (nSPS) is 17.4. The van der Waals surface area contributed by atoms with Gasteiger partial charge in [0.15, 0.2) is 5.69 Å². The first-order chi connectivity index (χ1) is 11.2. The molecule has 0 radical (unpaired) electrons. The summed E-state index contributed by atoms with van der Waals surface area (Å²) >= 11 is 6.17. The number of ether oxygens (including phenoxy) is 1. The summed E-state index contributed by atoms with van der Waals surface area (Å²) in [6, 6.07) is 7.32. The van der Waals surface area contributed by atoms with Crippen molar-refractivity contribution in [2.45, 2.75) is 32.3 Å². The Kier molecular flexibility index (Phi) is 4.93. The largest absolute Gasteiger partial charge is 0.378 e. The van der Waals surface area contributed by atoms with Crippen molar-refractivity contribution >= 4 is 17.5 Å². The number of rotatable bonds is 5. The Morgan fingerprint density at radius 3 is 3.04 bits per heavy atom. The van der Waals surface area contributed by atoms with Crippen molar-refractivity contribution in [2.75, 3.05) is 13.2 Å². The fourth-order valence-electron chi connectivity index (χ4n) is 2.69. The standard InChI is InChI=1S/C16H19ClN4O2/c1-11-15(16(22)18-9-8-12-5-4-10-23-12)19-20-21(11)14-7-3-2-6-13(14)17/h2-3,6-7,12H,4-5,8-10H2,1H3,(H,18,22)/t12-/m0/s1. The minimum Gasteiger partial charge on any atom is -0.378 e. The fourth-order valence-corrected chi connectivity index (χ4v) is 2.91. The average molecular weight is 335 g/mol. The Morgan fingerprint density at radius 1 is 1.48 bits per heavy atom. The molecule has 1 atom stereocenters. The van der Waals surface area contributed by atoms with E-state index < -0.39 is 0 Å².